The third-order valence-electron chi connectivity index (χ3n) is 2.85. The van der Waals surface area contributed by atoms with E-state index in [2.05, 4.69) is 0 Å². The quantitative estimate of drug-likeness (QED) is 0.885. The zero-order valence-electron chi connectivity index (χ0n) is 12.0. The van der Waals surface area contributed by atoms with Gasteiger partial charge in [-0.05, 0) is 38.5 Å². The number of hydrogen-bond donors (Lipinski definition) is 2. The maximum atomic E-state index is 11.5. The molecule has 0 saturated carbocycles. The smallest absolute Gasteiger partial charge is 0.408 e. The molecule has 6 heteroatoms. The molecular weight excluding hydrogens is 262 g/mol. The largest absolute Gasteiger partial charge is 0.497 e. The lowest BCUT2D eigenvalue weighted by molar-refractivity contribution is -0.144. The van der Waals surface area contributed by atoms with Gasteiger partial charge in [-0.3, -0.25) is 4.90 Å². The van der Waals surface area contributed by atoms with Gasteiger partial charge in [0.05, 0.1) is 7.11 Å². The van der Waals surface area contributed by atoms with E-state index < -0.39 is 23.6 Å². The first-order valence-electron chi connectivity index (χ1n) is 6.07. The van der Waals surface area contributed by atoms with Crippen LogP contribution in [-0.4, -0.2) is 39.8 Å². The molecule has 0 spiro atoms. The number of carboxylic acid groups (broad SMARTS) is 2. The Labute approximate surface area is 117 Å². The van der Waals surface area contributed by atoms with Gasteiger partial charge in [-0.15, -0.1) is 0 Å². The van der Waals surface area contributed by atoms with Crippen LogP contribution in [0.3, 0.4) is 0 Å². The predicted octanol–water partition coefficient (Wildman–Crippen LogP) is 2.60. The summed E-state index contributed by atoms with van der Waals surface area (Å²) in [4.78, 5) is 23.9. The molecule has 0 aliphatic rings. The Morgan fingerprint density at radius 3 is 1.95 bits per heavy atom. The van der Waals surface area contributed by atoms with E-state index in [4.69, 9.17) is 4.74 Å². The van der Waals surface area contributed by atoms with Crippen LogP contribution in [0, 0.1) is 0 Å². The second kappa shape index (κ2) is 5.81. The van der Waals surface area contributed by atoms with Crippen molar-refractivity contribution >= 4 is 12.1 Å². The van der Waals surface area contributed by atoms with Crippen LogP contribution in [0.2, 0.25) is 0 Å². The SMILES string of the molecule is COc1ccc([C@@H](C(=O)O)N(C(=O)O)C(C)(C)C)cc1. The fourth-order valence-corrected chi connectivity index (χ4v) is 1.97. The normalized spacial score (nSPS) is 12.6. The molecule has 1 amide bonds. The van der Waals surface area contributed by atoms with Gasteiger partial charge in [0.25, 0.3) is 0 Å². The summed E-state index contributed by atoms with van der Waals surface area (Å²) < 4.78 is 5.01. The van der Waals surface area contributed by atoms with E-state index >= 15 is 0 Å². The van der Waals surface area contributed by atoms with Crippen LogP contribution in [0.5, 0.6) is 5.75 Å². The van der Waals surface area contributed by atoms with E-state index in [1.54, 1.807) is 45.0 Å². The molecule has 0 aliphatic carbocycles. The summed E-state index contributed by atoms with van der Waals surface area (Å²) in [7, 11) is 1.50. The summed E-state index contributed by atoms with van der Waals surface area (Å²) in [6.07, 6.45) is -1.28. The molecule has 1 atom stereocenters. The first kappa shape index (κ1) is 15.8. The van der Waals surface area contributed by atoms with Crippen molar-refractivity contribution in [1.29, 1.82) is 0 Å². The number of aliphatic carboxylic acids is 1. The highest BCUT2D eigenvalue weighted by molar-refractivity contribution is 5.81. The summed E-state index contributed by atoms with van der Waals surface area (Å²) in [6.45, 7) is 4.96. The third-order valence-corrected chi connectivity index (χ3v) is 2.85. The lowest BCUT2D eigenvalue weighted by Gasteiger charge is -2.37. The van der Waals surface area contributed by atoms with E-state index in [1.807, 2.05) is 0 Å². The Bertz CT molecular complexity index is 489. The van der Waals surface area contributed by atoms with E-state index in [0.717, 1.165) is 4.90 Å². The molecular formula is C14H19NO5. The summed E-state index contributed by atoms with van der Waals surface area (Å²) in [5, 5.41) is 18.7. The summed E-state index contributed by atoms with van der Waals surface area (Å²) in [5.74, 6) is -0.636. The van der Waals surface area contributed by atoms with E-state index in [0.29, 0.717) is 11.3 Å². The van der Waals surface area contributed by atoms with Crippen molar-refractivity contribution in [2.45, 2.75) is 32.4 Å². The number of ether oxygens (including phenoxy) is 1. The molecule has 1 rings (SSSR count). The molecule has 6 nitrogen and oxygen atoms in total. The highest BCUT2D eigenvalue weighted by Gasteiger charge is 2.38. The Morgan fingerprint density at radius 1 is 1.15 bits per heavy atom. The minimum absolute atomic E-state index is 0.385. The van der Waals surface area contributed by atoms with Crippen molar-refractivity contribution in [2.24, 2.45) is 0 Å². The van der Waals surface area contributed by atoms with Crippen LogP contribution in [-0.2, 0) is 4.79 Å². The lowest BCUT2D eigenvalue weighted by atomic mass is 9.98. The molecule has 1 aromatic rings. The maximum Gasteiger partial charge on any atom is 0.408 e. The second-order valence-corrected chi connectivity index (χ2v) is 5.34. The molecule has 2 N–H and O–H groups in total. The van der Waals surface area contributed by atoms with Crippen LogP contribution in [0.25, 0.3) is 0 Å². The molecule has 0 aliphatic heterocycles. The van der Waals surface area contributed by atoms with Gasteiger partial charge in [-0.1, -0.05) is 12.1 Å². The number of rotatable bonds is 4. The first-order valence-corrected chi connectivity index (χ1v) is 6.07. The van der Waals surface area contributed by atoms with Crippen LogP contribution < -0.4 is 4.74 Å². The number of benzene rings is 1. The van der Waals surface area contributed by atoms with Crippen molar-refractivity contribution in [2.75, 3.05) is 7.11 Å². The van der Waals surface area contributed by atoms with Gasteiger partial charge in [-0.25, -0.2) is 9.59 Å². The number of nitrogens with zero attached hydrogens (tertiary/aromatic N) is 1. The van der Waals surface area contributed by atoms with Crippen molar-refractivity contribution in [3.8, 4) is 5.75 Å². The summed E-state index contributed by atoms with van der Waals surface area (Å²) in [6, 6.07) is 5.05. The zero-order chi connectivity index (χ0) is 15.5. The fraction of sp³-hybridized carbons (Fsp3) is 0.429. The van der Waals surface area contributed by atoms with Crippen molar-refractivity contribution in [1.82, 2.24) is 4.90 Å². The lowest BCUT2D eigenvalue weighted by Crippen LogP contribution is -2.49. The molecule has 0 bridgehead atoms. The predicted molar refractivity (Wildman–Crippen MR) is 73.0 cm³/mol. The molecule has 20 heavy (non-hydrogen) atoms. The molecule has 0 unspecified atom stereocenters. The van der Waals surface area contributed by atoms with Crippen LogP contribution in [0.1, 0.15) is 32.4 Å². The van der Waals surface area contributed by atoms with Gasteiger partial charge in [0.1, 0.15) is 5.75 Å². The molecule has 0 radical (unpaired) electrons. The minimum atomic E-state index is -1.28. The number of carbonyl (C=O) groups is 2. The molecule has 0 aromatic heterocycles. The average molecular weight is 281 g/mol. The Kier molecular flexibility index (Phi) is 4.60. The Morgan fingerprint density at radius 2 is 1.65 bits per heavy atom. The van der Waals surface area contributed by atoms with E-state index in [1.165, 1.54) is 7.11 Å². The molecule has 1 aromatic carbocycles. The van der Waals surface area contributed by atoms with E-state index in [9.17, 15) is 19.8 Å². The summed E-state index contributed by atoms with van der Waals surface area (Å²) >= 11 is 0. The monoisotopic (exact) mass is 281 g/mol. The third kappa shape index (κ3) is 3.40. The first-order chi connectivity index (χ1) is 9.18. The standard InChI is InChI=1S/C14H19NO5/c1-14(2,3)15(13(18)19)11(12(16)17)9-5-7-10(20-4)8-6-9/h5-8,11H,1-4H3,(H,16,17)(H,18,19)/t11-/m0/s1. The van der Waals surface area contributed by atoms with Crippen molar-refractivity contribution in [3.63, 3.8) is 0 Å². The second-order valence-electron chi connectivity index (χ2n) is 5.34. The van der Waals surface area contributed by atoms with Gasteiger partial charge in [0, 0.05) is 5.54 Å². The van der Waals surface area contributed by atoms with Crippen LogP contribution in [0.15, 0.2) is 24.3 Å². The average Bonchev–Trinajstić information content (AvgIpc) is 2.33. The van der Waals surface area contributed by atoms with E-state index in [-0.39, 0.29) is 0 Å². The number of amides is 1. The van der Waals surface area contributed by atoms with Gasteiger partial charge < -0.3 is 14.9 Å². The topological polar surface area (TPSA) is 87.1 Å². The van der Waals surface area contributed by atoms with Crippen LogP contribution in [0.4, 0.5) is 4.79 Å². The Hall–Kier alpha value is -2.24. The minimum Gasteiger partial charge on any atom is -0.497 e. The van der Waals surface area contributed by atoms with Crippen molar-refractivity contribution in [3.05, 3.63) is 29.8 Å². The van der Waals surface area contributed by atoms with Crippen molar-refractivity contribution < 1.29 is 24.5 Å². The number of hydrogen-bond acceptors (Lipinski definition) is 3. The zero-order valence-corrected chi connectivity index (χ0v) is 12.0. The Balaban J connectivity index is 3.27. The number of carboxylic acids is 1. The van der Waals surface area contributed by atoms with Gasteiger partial charge >= 0.3 is 12.1 Å². The van der Waals surface area contributed by atoms with Gasteiger partial charge in [-0.2, -0.15) is 0 Å². The van der Waals surface area contributed by atoms with Gasteiger partial charge in [0.15, 0.2) is 6.04 Å². The van der Waals surface area contributed by atoms with Crippen LogP contribution >= 0.6 is 0 Å². The molecule has 0 heterocycles. The maximum absolute atomic E-state index is 11.5. The number of methoxy groups -OCH3 is 1. The fourth-order valence-electron chi connectivity index (χ4n) is 1.97. The molecule has 0 saturated heterocycles. The summed E-state index contributed by atoms with van der Waals surface area (Å²) in [5.41, 5.74) is -0.454. The molecule has 110 valence electrons. The van der Waals surface area contributed by atoms with Gasteiger partial charge in [0.2, 0.25) is 0 Å². The highest BCUT2D eigenvalue weighted by atomic mass is 16.5. The highest BCUT2D eigenvalue weighted by Crippen LogP contribution is 2.29. The molecule has 0 fully saturated rings.